The first kappa shape index (κ1) is 16.8. The highest BCUT2D eigenvalue weighted by molar-refractivity contribution is 6.30. The third-order valence-corrected chi connectivity index (χ3v) is 5.32. The number of fused-ring (bicyclic) bond motifs is 3. The molecule has 2 aliphatic heterocycles. The van der Waals surface area contributed by atoms with Crippen molar-refractivity contribution in [2.24, 2.45) is 0 Å². The fourth-order valence-corrected chi connectivity index (χ4v) is 4.18. The van der Waals surface area contributed by atoms with Crippen LogP contribution in [0, 0.1) is 11.6 Å². The average molecular weight is 364 g/mol. The summed E-state index contributed by atoms with van der Waals surface area (Å²) in [6.45, 7) is 3.86. The Morgan fingerprint density at radius 1 is 1.20 bits per heavy atom. The lowest BCUT2D eigenvalue weighted by Gasteiger charge is -2.24. The number of hydrogen-bond donors (Lipinski definition) is 1. The van der Waals surface area contributed by atoms with Gasteiger partial charge in [0, 0.05) is 23.0 Å². The van der Waals surface area contributed by atoms with E-state index in [4.69, 9.17) is 16.3 Å². The molecule has 2 heterocycles. The van der Waals surface area contributed by atoms with Crippen LogP contribution in [0.2, 0.25) is 5.02 Å². The van der Waals surface area contributed by atoms with Gasteiger partial charge in [0.05, 0.1) is 5.56 Å². The molecular weight excluding hydrogens is 344 g/mol. The van der Waals surface area contributed by atoms with Crippen molar-refractivity contribution in [3.05, 3.63) is 52.0 Å². The SMILES string of the molecule is CCCc1cc(-c2c(F)cc(Cl)cc2F)cc2c1OC1CCNCC21. The number of ether oxygens (including phenoxy) is 1. The van der Waals surface area contributed by atoms with E-state index in [0.29, 0.717) is 5.56 Å². The zero-order chi connectivity index (χ0) is 17.6. The summed E-state index contributed by atoms with van der Waals surface area (Å²) in [5, 5.41) is 3.46. The minimum absolute atomic E-state index is 0.0169. The molecule has 2 aromatic rings. The van der Waals surface area contributed by atoms with Gasteiger partial charge in [-0.25, -0.2) is 8.78 Å². The topological polar surface area (TPSA) is 21.3 Å². The second-order valence-electron chi connectivity index (χ2n) is 6.80. The van der Waals surface area contributed by atoms with E-state index in [-0.39, 0.29) is 22.6 Å². The first-order valence-electron chi connectivity index (χ1n) is 8.77. The standard InChI is InChI=1S/C20H20ClF2NO/c1-2-3-11-6-12(19-16(22)8-13(21)9-17(19)23)7-14-15-10-24-5-4-18(15)25-20(11)14/h6-9,15,18,24H,2-5,10H2,1H3. The summed E-state index contributed by atoms with van der Waals surface area (Å²) < 4.78 is 35.1. The molecule has 2 atom stereocenters. The van der Waals surface area contributed by atoms with Gasteiger partial charge in [0.15, 0.2) is 0 Å². The second kappa shape index (κ2) is 6.58. The third-order valence-electron chi connectivity index (χ3n) is 5.10. The Hall–Kier alpha value is -1.65. The van der Waals surface area contributed by atoms with E-state index < -0.39 is 11.6 Å². The molecule has 0 radical (unpaired) electrons. The normalized spacial score (nSPS) is 21.6. The third kappa shape index (κ3) is 2.91. The molecule has 2 aromatic carbocycles. The van der Waals surface area contributed by atoms with Gasteiger partial charge in [-0.3, -0.25) is 0 Å². The summed E-state index contributed by atoms with van der Waals surface area (Å²) >= 11 is 5.77. The molecule has 2 aliphatic rings. The Labute approximate surface area is 151 Å². The highest BCUT2D eigenvalue weighted by Gasteiger charge is 2.38. The molecule has 2 unspecified atom stereocenters. The predicted molar refractivity (Wildman–Crippen MR) is 95.4 cm³/mol. The van der Waals surface area contributed by atoms with Gasteiger partial charge < -0.3 is 10.1 Å². The molecule has 5 heteroatoms. The van der Waals surface area contributed by atoms with Gasteiger partial charge >= 0.3 is 0 Å². The fraction of sp³-hybridized carbons (Fsp3) is 0.400. The Balaban J connectivity index is 1.87. The van der Waals surface area contributed by atoms with Crippen LogP contribution >= 0.6 is 11.6 Å². The summed E-state index contributed by atoms with van der Waals surface area (Å²) in [5.74, 6) is -0.119. The van der Waals surface area contributed by atoms with Gasteiger partial charge in [0.1, 0.15) is 23.5 Å². The van der Waals surface area contributed by atoms with Crippen molar-refractivity contribution in [1.29, 1.82) is 0 Å². The molecule has 0 bridgehead atoms. The zero-order valence-corrected chi connectivity index (χ0v) is 14.8. The van der Waals surface area contributed by atoms with Crippen LogP contribution in [0.15, 0.2) is 24.3 Å². The summed E-state index contributed by atoms with van der Waals surface area (Å²) in [4.78, 5) is 0. The molecular formula is C20H20ClF2NO. The molecule has 4 rings (SSSR count). The van der Waals surface area contributed by atoms with Crippen molar-refractivity contribution >= 4 is 11.6 Å². The van der Waals surface area contributed by atoms with Crippen LogP contribution in [0.5, 0.6) is 5.75 Å². The molecule has 1 fully saturated rings. The number of benzene rings is 2. The van der Waals surface area contributed by atoms with E-state index in [1.807, 2.05) is 12.1 Å². The Morgan fingerprint density at radius 3 is 2.68 bits per heavy atom. The van der Waals surface area contributed by atoms with Crippen LogP contribution in [-0.4, -0.2) is 19.2 Å². The summed E-state index contributed by atoms with van der Waals surface area (Å²) in [7, 11) is 0. The number of halogens is 3. The van der Waals surface area contributed by atoms with Gasteiger partial charge in [-0.05, 0) is 54.8 Å². The maximum absolute atomic E-state index is 14.4. The van der Waals surface area contributed by atoms with E-state index >= 15 is 0 Å². The molecule has 0 amide bonds. The molecule has 0 aliphatic carbocycles. The van der Waals surface area contributed by atoms with Crippen LogP contribution in [-0.2, 0) is 6.42 Å². The first-order valence-corrected chi connectivity index (χ1v) is 9.15. The molecule has 2 nitrogen and oxygen atoms in total. The number of aryl methyl sites for hydroxylation is 1. The monoisotopic (exact) mass is 363 g/mol. The minimum atomic E-state index is -0.635. The van der Waals surface area contributed by atoms with Gasteiger partial charge in [-0.1, -0.05) is 24.9 Å². The lowest BCUT2D eigenvalue weighted by atomic mass is 9.87. The van der Waals surface area contributed by atoms with Crippen LogP contribution in [0.25, 0.3) is 11.1 Å². The van der Waals surface area contributed by atoms with E-state index in [0.717, 1.165) is 61.4 Å². The number of piperidine rings is 1. The smallest absolute Gasteiger partial charge is 0.135 e. The highest BCUT2D eigenvalue weighted by atomic mass is 35.5. The zero-order valence-electron chi connectivity index (χ0n) is 14.0. The van der Waals surface area contributed by atoms with Crippen LogP contribution in [0.1, 0.15) is 36.8 Å². The summed E-state index contributed by atoms with van der Waals surface area (Å²) in [6.07, 6.45) is 2.87. The van der Waals surface area contributed by atoms with Crippen molar-refractivity contribution in [1.82, 2.24) is 5.32 Å². The van der Waals surface area contributed by atoms with E-state index in [9.17, 15) is 8.78 Å². The molecule has 0 saturated carbocycles. The predicted octanol–water partition coefficient (Wildman–Crippen LogP) is 5.08. The quantitative estimate of drug-likeness (QED) is 0.821. The van der Waals surface area contributed by atoms with Crippen LogP contribution < -0.4 is 10.1 Å². The Bertz CT molecular complexity index is 801. The molecule has 1 N–H and O–H groups in total. The van der Waals surface area contributed by atoms with Crippen LogP contribution in [0.3, 0.4) is 0 Å². The van der Waals surface area contributed by atoms with Gasteiger partial charge in [0.2, 0.25) is 0 Å². The average Bonchev–Trinajstić information content (AvgIpc) is 2.93. The van der Waals surface area contributed by atoms with Gasteiger partial charge in [0.25, 0.3) is 0 Å². The lowest BCUT2D eigenvalue weighted by molar-refractivity contribution is 0.171. The second-order valence-corrected chi connectivity index (χ2v) is 7.24. The first-order chi connectivity index (χ1) is 12.1. The van der Waals surface area contributed by atoms with Crippen molar-refractivity contribution in [3.8, 4) is 16.9 Å². The molecule has 132 valence electrons. The highest BCUT2D eigenvalue weighted by Crippen LogP contribution is 2.46. The summed E-state index contributed by atoms with van der Waals surface area (Å²) in [5.41, 5.74) is 2.63. The molecule has 1 saturated heterocycles. The molecule has 25 heavy (non-hydrogen) atoms. The van der Waals surface area contributed by atoms with Crippen molar-refractivity contribution < 1.29 is 13.5 Å². The van der Waals surface area contributed by atoms with Crippen LogP contribution in [0.4, 0.5) is 8.78 Å². The fourth-order valence-electron chi connectivity index (χ4n) is 3.99. The van der Waals surface area contributed by atoms with E-state index in [2.05, 4.69) is 12.2 Å². The number of rotatable bonds is 3. The van der Waals surface area contributed by atoms with Gasteiger partial charge in [-0.15, -0.1) is 0 Å². The van der Waals surface area contributed by atoms with E-state index in [1.165, 1.54) is 0 Å². The molecule has 0 aromatic heterocycles. The number of hydrogen-bond acceptors (Lipinski definition) is 2. The minimum Gasteiger partial charge on any atom is -0.489 e. The Morgan fingerprint density at radius 2 is 1.96 bits per heavy atom. The van der Waals surface area contributed by atoms with Crippen molar-refractivity contribution in [2.45, 2.75) is 38.2 Å². The molecule has 0 spiro atoms. The van der Waals surface area contributed by atoms with Gasteiger partial charge in [-0.2, -0.15) is 0 Å². The maximum atomic E-state index is 14.4. The lowest BCUT2D eigenvalue weighted by Crippen LogP contribution is -2.37. The summed E-state index contributed by atoms with van der Waals surface area (Å²) in [6, 6.07) is 6.08. The van der Waals surface area contributed by atoms with Crippen molar-refractivity contribution in [2.75, 3.05) is 13.1 Å². The number of nitrogens with one attached hydrogen (secondary N) is 1. The maximum Gasteiger partial charge on any atom is 0.135 e. The van der Waals surface area contributed by atoms with E-state index in [1.54, 1.807) is 0 Å². The largest absolute Gasteiger partial charge is 0.489 e. The Kier molecular flexibility index (Phi) is 4.42. The van der Waals surface area contributed by atoms with Crippen molar-refractivity contribution in [3.63, 3.8) is 0 Å².